The molecule has 142 valence electrons. The Morgan fingerprint density at radius 1 is 1.11 bits per heavy atom. The summed E-state index contributed by atoms with van der Waals surface area (Å²) in [4.78, 5) is 21.0. The second kappa shape index (κ2) is 6.49. The van der Waals surface area contributed by atoms with Gasteiger partial charge in [-0.1, -0.05) is 23.2 Å². The summed E-state index contributed by atoms with van der Waals surface area (Å²) in [5.41, 5.74) is 0.544. The summed E-state index contributed by atoms with van der Waals surface area (Å²) in [6, 6.07) is 3.33. The Bertz CT molecular complexity index is 882. The molecule has 4 saturated carbocycles. The Balaban J connectivity index is 1.30. The lowest BCUT2D eigenvalue weighted by molar-refractivity contribution is -0.128. The highest BCUT2D eigenvalue weighted by Crippen LogP contribution is 2.55. The lowest BCUT2D eigenvalue weighted by Gasteiger charge is -2.56. The predicted octanol–water partition coefficient (Wildman–Crippen LogP) is 4.40. The Morgan fingerprint density at radius 2 is 1.78 bits per heavy atom. The van der Waals surface area contributed by atoms with Crippen LogP contribution in [0, 0.1) is 17.8 Å². The van der Waals surface area contributed by atoms with Crippen LogP contribution >= 0.6 is 23.2 Å². The minimum Gasteiger partial charge on any atom is -0.467 e. The van der Waals surface area contributed by atoms with E-state index in [1.807, 2.05) is 0 Å². The molecule has 0 radical (unpaired) electrons. The number of carbonyl (C=O) groups is 1. The summed E-state index contributed by atoms with van der Waals surface area (Å²) in [6.07, 6.45) is 8.78. The highest BCUT2D eigenvalue weighted by atomic mass is 35.5. The number of amides is 1. The van der Waals surface area contributed by atoms with Crippen LogP contribution in [0.25, 0.3) is 10.9 Å². The SMILES string of the molecule is O=C(COc1ncnc2c(Cl)cc(Cl)cc12)NC12CC3CC(CC(C3)C1)C2. The van der Waals surface area contributed by atoms with Crippen molar-refractivity contribution in [1.82, 2.24) is 15.3 Å². The molecule has 1 aromatic carbocycles. The molecular weight excluding hydrogens is 385 g/mol. The maximum Gasteiger partial charge on any atom is 0.258 e. The number of ether oxygens (including phenoxy) is 1. The van der Waals surface area contributed by atoms with Gasteiger partial charge in [0.05, 0.1) is 15.9 Å². The average molecular weight is 406 g/mol. The zero-order chi connectivity index (χ0) is 18.6. The number of rotatable bonds is 4. The minimum absolute atomic E-state index is 0.0183. The van der Waals surface area contributed by atoms with Gasteiger partial charge in [0.15, 0.2) is 6.61 Å². The lowest BCUT2D eigenvalue weighted by Crippen LogP contribution is -2.60. The van der Waals surface area contributed by atoms with Crippen LogP contribution in [-0.4, -0.2) is 28.0 Å². The fraction of sp³-hybridized carbons (Fsp3) is 0.550. The second-order valence-electron chi connectivity index (χ2n) is 8.50. The average Bonchev–Trinajstić information content (AvgIpc) is 2.58. The maximum atomic E-state index is 12.6. The molecule has 4 aliphatic carbocycles. The molecule has 1 heterocycles. The zero-order valence-corrected chi connectivity index (χ0v) is 16.4. The van der Waals surface area contributed by atoms with Gasteiger partial charge in [-0.3, -0.25) is 4.79 Å². The Kier molecular flexibility index (Phi) is 4.21. The van der Waals surface area contributed by atoms with Crippen molar-refractivity contribution in [3.63, 3.8) is 0 Å². The molecule has 0 aliphatic heterocycles. The van der Waals surface area contributed by atoms with Crippen molar-refractivity contribution in [3.8, 4) is 5.88 Å². The predicted molar refractivity (Wildman–Crippen MR) is 104 cm³/mol. The lowest BCUT2D eigenvalue weighted by atomic mass is 9.53. The number of halogens is 2. The summed E-state index contributed by atoms with van der Waals surface area (Å²) in [7, 11) is 0. The number of fused-ring (bicyclic) bond motifs is 1. The number of aromatic nitrogens is 2. The quantitative estimate of drug-likeness (QED) is 0.818. The monoisotopic (exact) mass is 405 g/mol. The molecule has 1 N–H and O–H groups in total. The molecule has 4 bridgehead atoms. The molecular formula is C20H21Cl2N3O2. The van der Waals surface area contributed by atoms with Gasteiger partial charge in [-0.2, -0.15) is 0 Å². The van der Waals surface area contributed by atoms with Crippen molar-refractivity contribution in [2.24, 2.45) is 17.8 Å². The molecule has 6 rings (SSSR count). The topological polar surface area (TPSA) is 64.1 Å². The van der Waals surface area contributed by atoms with Crippen LogP contribution in [0.5, 0.6) is 5.88 Å². The molecule has 27 heavy (non-hydrogen) atoms. The van der Waals surface area contributed by atoms with E-state index in [1.54, 1.807) is 12.1 Å². The second-order valence-corrected chi connectivity index (χ2v) is 9.34. The van der Waals surface area contributed by atoms with E-state index in [1.165, 1.54) is 25.6 Å². The summed E-state index contributed by atoms with van der Waals surface area (Å²) in [5.74, 6) is 2.59. The third-order valence-electron chi connectivity index (χ3n) is 6.40. The van der Waals surface area contributed by atoms with Gasteiger partial charge in [0.1, 0.15) is 6.33 Å². The molecule has 0 atom stereocenters. The minimum atomic E-state index is -0.0863. The molecule has 1 aromatic heterocycles. The van der Waals surface area contributed by atoms with Gasteiger partial charge < -0.3 is 10.1 Å². The Hall–Kier alpha value is -1.59. The molecule has 4 aliphatic rings. The Labute approximate surface area is 167 Å². The van der Waals surface area contributed by atoms with Crippen LogP contribution in [-0.2, 0) is 4.79 Å². The first-order valence-corrected chi connectivity index (χ1v) is 10.3. The molecule has 7 heteroatoms. The van der Waals surface area contributed by atoms with E-state index in [9.17, 15) is 4.79 Å². The molecule has 4 fully saturated rings. The molecule has 0 unspecified atom stereocenters. The van der Waals surface area contributed by atoms with Crippen molar-refractivity contribution >= 4 is 40.0 Å². The third-order valence-corrected chi connectivity index (χ3v) is 6.91. The van der Waals surface area contributed by atoms with Crippen LogP contribution in [0.2, 0.25) is 10.0 Å². The van der Waals surface area contributed by atoms with E-state index >= 15 is 0 Å². The number of nitrogens with one attached hydrogen (secondary N) is 1. The molecule has 0 spiro atoms. The van der Waals surface area contributed by atoms with Crippen LogP contribution in [0.1, 0.15) is 38.5 Å². The van der Waals surface area contributed by atoms with Gasteiger partial charge in [-0.25, -0.2) is 9.97 Å². The van der Waals surface area contributed by atoms with E-state index in [0.717, 1.165) is 37.0 Å². The number of hydrogen-bond donors (Lipinski definition) is 1. The normalized spacial score (nSPS) is 31.3. The van der Waals surface area contributed by atoms with Crippen molar-refractivity contribution in [2.45, 2.75) is 44.1 Å². The van der Waals surface area contributed by atoms with Gasteiger partial charge in [0.25, 0.3) is 5.91 Å². The van der Waals surface area contributed by atoms with Crippen LogP contribution in [0.15, 0.2) is 18.5 Å². The summed E-state index contributed by atoms with van der Waals surface area (Å²) in [6.45, 7) is -0.0714. The number of nitrogens with zero attached hydrogens (tertiary/aromatic N) is 2. The van der Waals surface area contributed by atoms with Crippen LogP contribution in [0.4, 0.5) is 0 Å². The van der Waals surface area contributed by atoms with E-state index < -0.39 is 0 Å². The number of hydrogen-bond acceptors (Lipinski definition) is 4. The van der Waals surface area contributed by atoms with E-state index in [4.69, 9.17) is 27.9 Å². The van der Waals surface area contributed by atoms with Crippen molar-refractivity contribution in [3.05, 3.63) is 28.5 Å². The first kappa shape index (κ1) is 17.5. The highest BCUT2D eigenvalue weighted by molar-refractivity contribution is 6.38. The zero-order valence-electron chi connectivity index (χ0n) is 14.9. The molecule has 2 aromatic rings. The maximum absolute atomic E-state index is 12.6. The summed E-state index contributed by atoms with van der Waals surface area (Å²) >= 11 is 12.3. The van der Waals surface area contributed by atoms with Crippen LogP contribution < -0.4 is 10.1 Å². The number of benzene rings is 1. The fourth-order valence-electron chi connectivity index (χ4n) is 5.91. The van der Waals surface area contributed by atoms with Crippen molar-refractivity contribution < 1.29 is 9.53 Å². The highest BCUT2D eigenvalue weighted by Gasteiger charge is 2.51. The van der Waals surface area contributed by atoms with E-state index in [2.05, 4.69) is 15.3 Å². The van der Waals surface area contributed by atoms with E-state index in [-0.39, 0.29) is 18.1 Å². The first-order chi connectivity index (χ1) is 13.0. The first-order valence-electron chi connectivity index (χ1n) is 9.53. The summed E-state index contributed by atoms with van der Waals surface area (Å²) in [5, 5.41) is 4.83. The molecule has 5 nitrogen and oxygen atoms in total. The number of carbonyl (C=O) groups excluding carboxylic acids is 1. The van der Waals surface area contributed by atoms with Gasteiger partial charge >= 0.3 is 0 Å². The van der Waals surface area contributed by atoms with Gasteiger partial charge in [0, 0.05) is 10.6 Å². The summed E-state index contributed by atoms with van der Waals surface area (Å²) < 4.78 is 5.72. The smallest absolute Gasteiger partial charge is 0.258 e. The van der Waals surface area contributed by atoms with Gasteiger partial charge in [0.2, 0.25) is 5.88 Å². The largest absolute Gasteiger partial charge is 0.467 e. The van der Waals surface area contributed by atoms with Crippen molar-refractivity contribution in [2.75, 3.05) is 6.61 Å². The molecule has 0 saturated heterocycles. The third kappa shape index (κ3) is 3.25. The molecule has 1 amide bonds. The Morgan fingerprint density at radius 3 is 2.44 bits per heavy atom. The van der Waals surface area contributed by atoms with Gasteiger partial charge in [-0.15, -0.1) is 0 Å². The van der Waals surface area contributed by atoms with Gasteiger partial charge in [-0.05, 0) is 68.4 Å². The standard InChI is InChI=1S/C20H21Cl2N3O2/c21-14-4-15-18(16(22)5-14)23-10-24-19(15)27-9-17(26)25-20-6-11-1-12(7-20)3-13(2-11)8-20/h4-5,10-13H,1-3,6-9H2,(H,25,26). The fourth-order valence-corrected chi connectivity index (χ4v) is 6.46. The van der Waals surface area contributed by atoms with E-state index in [0.29, 0.717) is 26.8 Å². The van der Waals surface area contributed by atoms with Crippen molar-refractivity contribution in [1.29, 1.82) is 0 Å². The van der Waals surface area contributed by atoms with Crippen LogP contribution in [0.3, 0.4) is 0 Å².